The summed E-state index contributed by atoms with van der Waals surface area (Å²) in [6, 6.07) is 9.16. The van der Waals surface area contributed by atoms with Crippen LogP contribution in [0.4, 0.5) is 0 Å². The van der Waals surface area contributed by atoms with Crippen LogP contribution in [0.2, 0.25) is 0 Å². The molecule has 2 aromatic rings. The van der Waals surface area contributed by atoms with Crippen molar-refractivity contribution in [2.24, 2.45) is 5.92 Å². The molecule has 1 saturated heterocycles. The molecular formula is C18H23N3O4. The number of carbonyl (C=O) groups excluding carboxylic acids is 1. The third-order valence-electron chi connectivity index (χ3n) is 4.41. The van der Waals surface area contributed by atoms with Gasteiger partial charge in [0.25, 0.3) is 5.91 Å². The fourth-order valence-corrected chi connectivity index (χ4v) is 3.07. The lowest BCUT2D eigenvalue weighted by molar-refractivity contribution is -0.132. The van der Waals surface area contributed by atoms with Crippen molar-refractivity contribution in [2.45, 2.75) is 19.4 Å². The largest absolute Gasteiger partial charge is 0.493 e. The molecule has 0 spiro atoms. The number of β-amino-alcohol motifs (C(OH)–C–C–N with tert-alkyl or cyclic N) is 1. The first-order valence-electron chi connectivity index (χ1n) is 8.29. The van der Waals surface area contributed by atoms with Crippen molar-refractivity contribution in [1.82, 2.24) is 15.1 Å². The number of rotatable bonds is 6. The van der Waals surface area contributed by atoms with Crippen LogP contribution < -0.4 is 9.47 Å². The predicted molar refractivity (Wildman–Crippen MR) is 91.6 cm³/mol. The molecule has 1 aromatic carbocycles. The molecule has 0 bridgehead atoms. The summed E-state index contributed by atoms with van der Waals surface area (Å²) in [6.45, 7) is 2.68. The van der Waals surface area contributed by atoms with E-state index in [0.717, 1.165) is 11.4 Å². The van der Waals surface area contributed by atoms with Crippen LogP contribution in [0.1, 0.15) is 11.4 Å². The SMILES string of the molecule is COc1ccccc1OCC(=O)N1CC(O)C(Cc2cc(C)[nH]n2)C1. The van der Waals surface area contributed by atoms with Crippen molar-refractivity contribution in [3.05, 3.63) is 41.7 Å². The number of hydrogen-bond acceptors (Lipinski definition) is 5. The number of nitrogens with one attached hydrogen (secondary N) is 1. The zero-order valence-electron chi connectivity index (χ0n) is 14.4. The van der Waals surface area contributed by atoms with Gasteiger partial charge in [0.1, 0.15) is 0 Å². The van der Waals surface area contributed by atoms with E-state index in [1.54, 1.807) is 24.1 Å². The molecule has 1 amide bonds. The van der Waals surface area contributed by atoms with Crippen LogP contribution in [0.5, 0.6) is 11.5 Å². The topological polar surface area (TPSA) is 87.7 Å². The number of aliphatic hydroxyl groups excluding tert-OH is 1. The lowest BCUT2D eigenvalue weighted by Crippen LogP contribution is -2.33. The molecule has 0 radical (unpaired) electrons. The normalized spacial score (nSPS) is 19.9. The summed E-state index contributed by atoms with van der Waals surface area (Å²) in [5.41, 5.74) is 1.89. The van der Waals surface area contributed by atoms with E-state index in [2.05, 4.69) is 10.2 Å². The number of methoxy groups -OCH3 is 1. The molecule has 7 heteroatoms. The zero-order valence-corrected chi connectivity index (χ0v) is 14.4. The Hall–Kier alpha value is -2.54. The molecule has 1 fully saturated rings. The number of nitrogens with zero attached hydrogens (tertiary/aromatic N) is 2. The minimum atomic E-state index is -0.549. The Bertz CT molecular complexity index is 731. The average molecular weight is 345 g/mol. The van der Waals surface area contributed by atoms with Crippen molar-refractivity contribution < 1.29 is 19.4 Å². The number of ether oxygens (including phenoxy) is 2. The van der Waals surface area contributed by atoms with Gasteiger partial charge in [-0.15, -0.1) is 0 Å². The Morgan fingerprint density at radius 3 is 2.80 bits per heavy atom. The first kappa shape index (κ1) is 17.3. The Balaban J connectivity index is 1.54. The fourth-order valence-electron chi connectivity index (χ4n) is 3.07. The van der Waals surface area contributed by atoms with Crippen molar-refractivity contribution >= 4 is 5.91 Å². The van der Waals surface area contributed by atoms with Gasteiger partial charge in [-0.2, -0.15) is 5.10 Å². The van der Waals surface area contributed by atoms with E-state index >= 15 is 0 Å². The summed E-state index contributed by atoms with van der Waals surface area (Å²) in [6.07, 6.45) is 0.0926. The van der Waals surface area contributed by atoms with Gasteiger partial charge >= 0.3 is 0 Å². The van der Waals surface area contributed by atoms with Crippen molar-refractivity contribution in [2.75, 3.05) is 26.8 Å². The molecular weight excluding hydrogens is 322 g/mol. The summed E-state index contributed by atoms with van der Waals surface area (Å²) < 4.78 is 10.8. The van der Waals surface area contributed by atoms with E-state index in [1.165, 1.54) is 0 Å². The number of hydrogen-bond donors (Lipinski definition) is 2. The number of para-hydroxylation sites is 2. The van der Waals surface area contributed by atoms with Gasteiger partial charge in [-0.1, -0.05) is 12.1 Å². The van der Waals surface area contributed by atoms with Gasteiger partial charge < -0.3 is 19.5 Å². The molecule has 2 unspecified atom stereocenters. The van der Waals surface area contributed by atoms with Gasteiger partial charge in [0.05, 0.1) is 18.9 Å². The van der Waals surface area contributed by atoms with Crippen molar-refractivity contribution in [3.63, 3.8) is 0 Å². The molecule has 3 rings (SSSR count). The molecule has 1 aromatic heterocycles. The van der Waals surface area contributed by atoms with E-state index in [0.29, 0.717) is 31.0 Å². The molecule has 2 heterocycles. The summed E-state index contributed by atoms with van der Waals surface area (Å²) >= 11 is 0. The van der Waals surface area contributed by atoms with Gasteiger partial charge in [-0.05, 0) is 31.5 Å². The minimum Gasteiger partial charge on any atom is -0.493 e. The average Bonchev–Trinajstić information content (AvgIpc) is 3.19. The molecule has 25 heavy (non-hydrogen) atoms. The maximum Gasteiger partial charge on any atom is 0.260 e. The Morgan fingerprint density at radius 2 is 2.12 bits per heavy atom. The maximum atomic E-state index is 12.4. The van der Waals surface area contributed by atoms with Crippen LogP contribution in [0.15, 0.2) is 30.3 Å². The highest BCUT2D eigenvalue weighted by atomic mass is 16.5. The van der Waals surface area contributed by atoms with Gasteiger partial charge in [-0.3, -0.25) is 9.89 Å². The van der Waals surface area contributed by atoms with E-state index in [-0.39, 0.29) is 18.4 Å². The number of amides is 1. The highest BCUT2D eigenvalue weighted by Gasteiger charge is 2.34. The molecule has 1 aliphatic heterocycles. The number of aliphatic hydroxyl groups is 1. The fraction of sp³-hybridized carbons (Fsp3) is 0.444. The van der Waals surface area contributed by atoms with E-state index in [9.17, 15) is 9.90 Å². The van der Waals surface area contributed by atoms with Gasteiger partial charge in [-0.25, -0.2) is 0 Å². The number of benzene rings is 1. The second kappa shape index (κ2) is 7.57. The number of carbonyl (C=O) groups is 1. The first-order valence-corrected chi connectivity index (χ1v) is 8.29. The number of likely N-dealkylation sites (tertiary alicyclic amines) is 1. The van der Waals surface area contributed by atoms with Crippen LogP contribution in [-0.4, -0.2) is 59.0 Å². The Labute approximate surface area is 146 Å². The number of H-pyrrole nitrogens is 1. The van der Waals surface area contributed by atoms with E-state index < -0.39 is 6.10 Å². The lowest BCUT2D eigenvalue weighted by atomic mass is 10.0. The molecule has 0 saturated carbocycles. The predicted octanol–water partition coefficient (Wildman–Crippen LogP) is 1.17. The Kier molecular flexibility index (Phi) is 5.23. The lowest BCUT2D eigenvalue weighted by Gasteiger charge is -2.17. The smallest absolute Gasteiger partial charge is 0.260 e. The minimum absolute atomic E-state index is 0.0158. The zero-order chi connectivity index (χ0) is 17.8. The Morgan fingerprint density at radius 1 is 1.36 bits per heavy atom. The number of aromatic amines is 1. The molecule has 7 nitrogen and oxygen atoms in total. The summed E-state index contributed by atoms with van der Waals surface area (Å²) in [7, 11) is 1.56. The highest BCUT2D eigenvalue weighted by Crippen LogP contribution is 2.26. The molecule has 0 aliphatic carbocycles. The second-order valence-corrected chi connectivity index (χ2v) is 6.31. The maximum absolute atomic E-state index is 12.4. The number of aromatic nitrogens is 2. The molecule has 2 atom stereocenters. The van der Waals surface area contributed by atoms with Crippen molar-refractivity contribution in [3.8, 4) is 11.5 Å². The third kappa shape index (κ3) is 4.11. The summed E-state index contributed by atoms with van der Waals surface area (Å²) in [5, 5.41) is 17.3. The molecule has 1 aliphatic rings. The third-order valence-corrected chi connectivity index (χ3v) is 4.41. The summed E-state index contributed by atoms with van der Waals surface area (Å²) in [4.78, 5) is 14.0. The first-order chi connectivity index (χ1) is 12.1. The van der Waals surface area contributed by atoms with Gasteiger partial charge in [0.15, 0.2) is 18.1 Å². The van der Waals surface area contributed by atoms with Crippen LogP contribution in [0, 0.1) is 12.8 Å². The van der Waals surface area contributed by atoms with Crippen LogP contribution in [-0.2, 0) is 11.2 Å². The van der Waals surface area contributed by atoms with E-state index in [1.807, 2.05) is 25.1 Å². The van der Waals surface area contributed by atoms with Crippen molar-refractivity contribution in [1.29, 1.82) is 0 Å². The van der Waals surface area contributed by atoms with Crippen LogP contribution >= 0.6 is 0 Å². The highest BCUT2D eigenvalue weighted by molar-refractivity contribution is 5.78. The van der Waals surface area contributed by atoms with Crippen LogP contribution in [0.3, 0.4) is 0 Å². The van der Waals surface area contributed by atoms with Crippen LogP contribution in [0.25, 0.3) is 0 Å². The molecule has 2 N–H and O–H groups in total. The standard InChI is InChI=1S/C18H23N3O4/c1-12-7-14(20-19-12)8-13-9-21(10-15(13)22)18(23)11-25-17-6-4-3-5-16(17)24-2/h3-7,13,15,22H,8-11H2,1-2H3,(H,19,20). The monoisotopic (exact) mass is 345 g/mol. The van der Waals surface area contributed by atoms with E-state index in [4.69, 9.17) is 9.47 Å². The summed E-state index contributed by atoms with van der Waals surface area (Å²) in [5.74, 6) is 0.953. The molecule has 134 valence electrons. The number of aryl methyl sites for hydroxylation is 1. The van der Waals surface area contributed by atoms with Gasteiger partial charge in [0.2, 0.25) is 0 Å². The van der Waals surface area contributed by atoms with Gasteiger partial charge in [0, 0.05) is 24.7 Å². The second-order valence-electron chi connectivity index (χ2n) is 6.31. The quantitative estimate of drug-likeness (QED) is 0.820.